The van der Waals surface area contributed by atoms with Crippen LogP contribution in [0.25, 0.3) is 0 Å². The molecule has 0 radical (unpaired) electrons. The fourth-order valence-corrected chi connectivity index (χ4v) is 0.846. The minimum atomic E-state index is -2.05. The van der Waals surface area contributed by atoms with Gasteiger partial charge in [-0.05, 0) is 20.3 Å². The maximum atomic E-state index is 10.5. The normalized spacial score (nSPS) is 17.5. The summed E-state index contributed by atoms with van der Waals surface area (Å²) in [7, 11) is 0. The molecule has 0 aliphatic carbocycles. The van der Waals surface area contributed by atoms with Gasteiger partial charge < -0.3 is 15.3 Å². The van der Waals surface area contributed by atoms with E-state index < -0.39 is 17.2 Å². The number of hydrogen-bond acceptors (Lipinski definition) is 3. The Morgan fingerprint density at radius 1 is 1.36 bits per heavy atom. The lowest BCUT2D eigenvalue weighted by atomic mass is 9.84. The Hall–Kier alpha value is -0.610. The first-order chi connectivity index (χ1) is 4.75. The molecule has 0 aromatic heterocycles. The van der Waals surface area contributed by atoms with E-state index in [2.05, 4.69) is 0 Å². The quantitative estimate of drug-likeness (QED) is 0.545. The van der Waals surface area contributed by atoms with E-state index in [1.165, 1.54) is 20.8 Å². The number of carbonyl (C=O) groups is 1. The highest BCUT2D eigenvalue weighted by molar-refractivity contribution is 5.78. The Morgan fingerprint density at radius 3 is 1.73 bits per heavy atom. The molecule has 1 atom stereocenters. The molecular formula is C7H14O4. The summed E-state index contributed by atoms with van der Waals surface area (Å²) in [6.07, 6.45) is -0.0220. The Balaban J connectivity index is 4.75. The predicted octanol–water partition coefficient (Wildman–Crippen LogP) is -0.0170. The number of carboxylic acids is 1. The summed E-state index contributed by atoms with van der Waals surface area (Å²) >= 11 is 0. The maximum Gasteiger partial charge on any atom is 0.338 e. The minimum Gasteiger partial charge on any atom is -0.479 e. The van der Waals surface area contributed by atoms with Crippen LogP contribution in [0.4, 0.5) is 0 Å². The van der Waals surface area contributed by atoms with Gasteiger partial charge >= 0.3 is 5.97 Å². The van der Waals surface area contributed by atoms with E-state index >= 15 is 0 Å². The number of carboxylic acid groups (broad SMARTS) is 1. The molecule has 0 aliphatic rings. The average Bonchev–Trinajstić information content (AvgIpc) is 1.83. The van der Waals surface area contributed by atoms with Crippen molar-refractivity contribution in [3.05, 3.63) is 0 Å². The van der Waals surface area contributed by atoms with Crippen molar-refractivity contribution >= 4 is 5.97 Å². The number of rotatable bonds is 3. The zero-order valence-electron chi connectivity index (χ0n) is 6.96. The van der Waals surface area contributed by atoms with Gasteiger partial charge in [-0.15, -0.1) is 0 Å². The van der Waals surface area contributed by atoms with Crippen LogP contribution in [0.15, 0.2) is 0 Å². The first-order valence-electron chi connectivity index (χ1n) is 3.44. The molecule has 66 valence electrons. The SMILES string of the molecule is CCC(O)(C(=O)O)C(C)(C)O. The molecule has 0 saturated heterocycles. The van der Waals surface area contributed by atoms with E-state index in [9.17, 15) is 15.0 Å². The van der Waals surface area contributed by atoms with Crippen LogP contribution < -0.4 is 0 Å². The lowest BCUT2D eigenvalue weighted by Crippen LogP contribution is -2.55. The fraction of sp³-hybridized carbons (Fsp3) is 0.857. The molecule has 0 rings (SSSR count). The monoisotopic (exact) mass is 162 g/mol. The second-order valence-electron chi connectivity index (χ2n) is 3.08. The second-order valence-corrected chi connectivity index (χ2v) is 3.08. The Morgan fingerprint density at radius 2 is 1.73 bits per heavy atom. The van der Waals surface area contributed by atoms with Gasteiger partial charge in [-0.1, -0.05) is 6.92 Å². The molecule has 0 spiro atoms. The zero-order valence-corrected chi connectivity index (χ0v) is 6.96. The van der Waals surface area contributed by atoms with Crippen LogP contribution in [0.1, 0.15) is 27.2 Å². The van der Waals surface area contributed by atoms with Gasteiger partial charge in [0.2, 0.25) is 0 Å². The van der Waals surface area contributed by atoms with Crippen molar-refractivity contribution in [2.24, 2.45) is 0 Å². The van der Waals surface area contributed by atoms with Crippen LogP contribution in [0.3, 0.4) is 0 Å². The van der Waals surface area contributed by atoms with Crippen LogP contribution in [0.5, 0.6) is 0 Å². The van der Waals surface area contributed by atoms with E-state index in [0.29, 0.717) is 0 Å². The van der Waals surface area contributed by atoms with Crippen molar-refractivity contribution in [3.8, 4) is 0 Å². The molecule has 0 saturated carbocycles. The van der Waals surface area contributed by atoms with E-state index in [-0.39, 0.29) is 6.42 Å². The van der Waals surface area contributed by atoms with Gasteiger partial charge in [0.15, 0.2) is 5.60 Å². The summed E-state index contributed by atoms with van der Waals surface area (Å²) in [5.41, 5.74) is -3.67. The van der Waals surface area contributed by atoms with Gasteiger partial charge in [0.1, 0.15) is 0 Å². The van der Waals surface area contributed by atoms with E-state index in [1.54, 1.807) is 0 Å². The van der Waals surface area contributed by atoms with E-state index in [1.807, 2.05) is 0 Å². The lowest BCUT2D eigenvalue weighted by molar-refractivity contribution is -0.186. The van der Waals surface area contributed by atoms with Gasteiger partial charge in [-0.3, -0.25) is 0 Å². The first kappa shape index (κ1) is 10.4. The van der Waals surface area contributed by atoms with Crippen molar-refractivity contribution in [1.29, 1.82) is 0 Å². The van der Waals surface area contributed by atoms with Crippen LogP contribution in [0.2, 0.25) is 0 Å². The lowest BCUT2D eigenvalue weighted by Gasteiger charge is -2.33. The molecule has 0 aromatic rings. The third-order valence-corrected chi connectivity index (χ3v) is 1.88. The zero-order chi connectivity index (χ0) is 9.28. The Kier molecular flexibility index (Phi) is 2.64. The molecule has 4 nitrogen and oxygen atoms in total. The summed E-state index contributed by atoms with van der Waals surface area (Å²) < 4.78 is 0. The smallest absolute Gasteiger partial charge is 0.338 e. The highest BCUT2D eigenvalue weighted by Gasteiger charge is 2.47. The highest BCUT2D eigenvalue weighted by Crippen LogP contribution is 2.25. The molecule has 11 heavy (non-hydrogen) atoms. The Bertz CT molecular complexity index is 158. The third kappa shape index (κ3) is 1.70. The van der Waals surface area contributed by atoms with Crippen molar-refractivity contribution < 1.29 is 20.1 Å². The molecule has 0 heterocycles. The van der Waals surface area contributed by atoms with Gasteiger partial charge in [0, 0.05) is 0 Å². The fourth-order valence-electron chi connectivity index (χ4n) is 0.846. The maximum absolute atomic E-state index is 10.5. The predicted molar refractivity (Wildman–Crippen MR) is 39.2 cm³/mol. The van der Waals surface area contributed by atoms with Gasteiger partial charge in [-0.2, -0.15) is 0 Å². The van der Waals surface area contributed by atoms with Crippen molar-refractivity contribution in [1.82, 2.24) is 0 Å². The summed E-state index contributed by atoms with van der Waals surface area (Å²) in [6.45, 7) is 4.04. The van der Waals surface area contributed by atoms with Crippen LogP contribution >= 0.6 is 0 Å². The minimum absolute atomic E-state index is 0.0220. The molecule has 0 amide bonds. The molecular weight excluding hydrogens is 148 g/mol. The summed E-state index contributed by atoms with van der Waals surface area (Å²) in [4.78, 5) is 10.5. The number of aliphatic carboxylic acids is 1. The van der Waals surface area contributed by atoms with E-state index in [0.717, 1.165) is 0 Å². The topological polar surface area (TPSA) is 77.8 Å². The molecule has 3 N–H and O–H groups in total. The second kappa shape index (κ2) is 2.79. The van der Waals surface area contributed by atoms with Crippen molar-refractivity contribution in [3.63, 3.8) is 0 Å². The summed E-state index contributed by atoms with van der Waals surface area (Å²) in [5, 5.41) is 27.2. The molecule has 0 aliphatic heterocycles. The van der Waals surface area contributed by atoms with E-state index in [4.69, 9.17) is 5.11 Å². The number of hydrogen-bond donors (Lipinski definition) is 3. The molecule has 0 aromatic carbocycles. The average molecular weight is 162 g/mol. The van der Waals surface area contributed by atoms with Crippen molar-refractivity contribution in [2.75, 3.05) is 0 Å². The largest absolute Gasteiger partial charge is 0.479 e. The van der Waals surface area contributed by atoms with Gasteiger partial charge in [0.25, 0.3) is 0 Å². The molecule has 0 fully saturated rings. The molecule has 0 bridgehead atoms. The van der Waals surface area contributed by atoms with Crippen LogP contribution in [-0.4, -0.2) is 32.5 Å². The summed E-state index contributed by atoms with van der Waals surface area (Å²) in [6, 6.07) is 0. The summed E-state index contributed by atoms with van der Waals surface area (Å²) in [5.74, 6) is -1.40. The van der Waals surface area contributed by atoms with Crippen molar-refractivity contribution in [2.45, 2.75) is 38.4 Å². The standard InChI is InChI=1S/C7H14O4/c1-4-7(11,5(8)9)6(2,3)10/h10-11H,4H2,1-3H3,(H,8,9). The first-order valence-corrected chi connectivity index (χ1v) is 3.44. The van der Waals surface area contributed by atoms with Crippen LogP contribution in [0, 0.1) is 0 Å². The Labute approximate surface area is 65.5 Å². The third-order valence-electron chi connectivity index (χ3n) is 1.88. The molecule has 4 heteroatoms. The van der Waals surface area contributed by atoms with Crippen LogP contribution in [-0.2, 0) is 4.79 Å². The van der Waals surface area contributed by atoms with Gasteiger partial charge in [0.05, 0.1) is 5.60 Å². The highest BCUT2D eigenvalue weighted by atomic mass is 16.4. The number of aliphatic hydroxyl groups is 2. The molecule has 1 unspecified atom stereocenters. The van der Waals surface area contributed by atoms with Gasteiger partial charge in [-0.25, -0.2) is 4.79 Å².